The first-order chi connectivity index (χ1) is 12.7. The molecular weight excluding hydrogens is 336 g/mol. The van der Waals surface area contributed by atoms with Gasteiger partial charge in [-0.05, 0) is 12.1 Å². The maximum Gasteiger partial charge on any atom is 0.410 e. The molecule has 1 aromatic heterocycles. The van der Waals surface area contributed by atoms with E-state index in [1.165, 1.54) is 0 Å². The largest absolute Gasteiger partial charge is 0.489 e. The zero-order chi connectivity index (χ0) is 17.9. The van der Waals surface area contributed by atoms with Crippen LogP contribution in [0.15, 0.2) is 36.5 Å². The van der Waals surface area contributed by atoms with E-state index in [0.717, 1.165) is 10.9 Å². The quantitative estimate of drug-likeness (QED) is 0.839. The van der Waals surface area contributed by atoms with Gasteiger partial charge in [-0.2, -0.15) is 0 Å². The number of rotatable bonds is 4. The van der Waals surface area contributed by atoms with E-state index in [2.05, 4.69) is 10.3 Å². The number of urea groups is 1. The number of nitrogens with zero attached hydrogens (tertiary/aromatic N) is 3. The molecule has 0 aliphatic carbocycles. The van der Waals surface area contributed by atoms with Crippen molar-refractivity contribution in [2.45, 2.75) is 6.04 Å². The van der Waals surface area contributed by atoms with Crippen LogP contribution in [0.4, 0.5) is 9.59 Å². The maximum atomic E-state index is 12.3. The number of benzene rings is 1. The van der Waals surface area contributed by atoms with E-state index < -0.39 is 0 Å². The topological polar surface area (TPSA) is 84.0 Å². The fourth-order valence-corrected chi connectivity index (χ4v) is 3.30. The van der Waals surface area contributed by atoms with Crippen molar-refractivity contribution in [3.63, 3.8) is 0 Å². The van der Waals surface area contributed by atoms with E-state index in [1.807, 2.05) is 30.3 Å². The first-order valence-corrected chi connectivity index (χ1v) is 8.65. The Morgan fingerprint density at radius 3 is 3.12 bits per heavy atom. The Hall–Kier alpha value is -3.03. The highest BCUT2D eigenvalue weighted by molar-refractivity contribution is 5.84. The molecule has 2 saturated heterocycles. The fraction of sp³-hybridized carbons (Fsp3) is 0.389. The minimum absolute atomic E-state index is 0.0417. The lowest BCUT2D eigenvalue weighted by Crippen LogP contribution is -2.56. The number of carbonyl (C=O) groups excluding carboxylic acids is 2. The molecule has 4 rings (SSSR count). The van der Waals surface area contributed by atoms with Gasteiger partial charge in [-0.25, -0.2) is 9.59 Å². The van der Waals surface area contributed by atoms with Crippen LogP contribution in [0.25, 0.3) is 10.9 Å². The molecule has 8 nitrogen and oxygen atoms in total. The average Bonchev–Trinajstić information content (AvgIpc) is 3.05. The zero-order valence-electron chi connectivity index (χ0n) is 14.3. The van der Waals surface area contributed by atoms with Gasteiger partial charge >= 0.3 is 12.1 Å². The number of hydrogen-bond donors (Lipinski definition) is 1. The Morgan fingerprint density at radius 2 is 2.19 bits per heavy atom. The summed E-state index contributed by atoms with van der Waals surface area (Å²) in [4.78, 5) is 31.5. The lowest BCUT2D eigenvalue weighted by molar-refractivity contribution is 0.126. The molecule has 0 bridgehead atoms. The van der Waals surface area contributed by atoms with Crippen LogP contribution in [0.2, 0.25) is 0 Å². The maximum absolute atomic E-state index is 12.3. The van der Waals surface area contributed by atoms with Crippen LogP contribution >= 0.6 is 0 Å². The Labute approximate surface area is 150 Å². The molecule has 0 saturated carbocycles. The van der Waals surface area contributed by atoms with Gasteiger partial charge < -0.3 is 19.7 Å². The van der Waals surface area contributed by atoms with Crippen LogP contribution in [0.5, 0.6) is 5.75 Å². The molecule has 2 aromatic rings. The molecule has 1 aromatic carbocycles. The van der Waals surface area contributed by atoms with Crippen molar-refractivity contribution in [3.05, 3.63) is 36.5 Å². The number of cyclic esters (lactones) is 1. The molecule has 1 atom stereocenters. The number of carbonyl (C=O) groups is 2. The van der Waals surface area contributed by atoms with Gasteiger partial charge in [0.25, 0.3) is 0 Å². The minimum atomic E-state index is -0.285. The monoisotopic (exact) mass is 356 g/mol. The predicted molar refractivity (Wildman–Crippen MR) is 94.1 cm³/mol. The van der Waals surface area contributed by atoms with Crippen LogP contribution in [0.3, 0.4) is 0 Å². The zero-order valence-corrected chi connectivity index (χ0v) is 14.3. The van der Waals surface area contributed by atoms with Gasteiger partial charge in [0.05, 0.1) is 12.6 Å². The number of piperazine rings is 1. The fourth-order valence-electron chi connectivity index (χ4n) is 3.30. The van der Waals surface area contributed by atoms with Crippen LogP contribution in [0.1, 0.15) is 0 Å². The first-order valence-electron chi connectivity index (χ1n) is 8.65. The minimum Gasteiger partial charge on any atom is -0.489 e. The van der Waals surface area contributed by atoms with Gasteiger partial charge in [-0.1, -0.05) is 18.2 Å². The molecule has 2 aliphatic heterocycles. The van der Waals surface area contributed by atoms with Crippen molar-refractivity contribution in [2.24, 2.45) is 0 Å². The van der Waals surface area contributed by atoms with Crippen molar-refractivity contribution in [2.75, 3.05) is 39.4 Å². The van der Waals surface area contributed by atoms with Crippen molar-refractivity contribution in [1.82, 2.24) is 20.1 Å². The van der Waals surface area contributed by atoms with Gasteiger partial charge in [0.15, 0.2) is 0 Å². The molecule has 0 unspecified atom stereocenters. The predicted octanol–water partition coefficient (Wildman–Crippen LogP) is 1.46. The lowest BCUT2D eigenvalue weighted by Gasteiger charge is -2.35. The summed E-state index contributed by atoms with van der Waals surface area (Å²) < 4.78 is 10.8. The number of aromatic nitrogens is 1. The van der Waals surface area contributed by atoms with E-state index in [-0.39, 0.29) is 18.2 Å². The van der Waals surface area contributed by atoms with E-state index in [1.54, 1.807) is 16.0 Å². The normalized spacial score (nSPS) is 19.2. The van der Waals surface area contributed by atoms with E-state index in [0.29, 0.717) is 45.1 Å². The van der Waals surface area contributed by atoms with Gasteiger partial charge in [0.1, 0.15) is 24.5 Å². The van der Waals surface area contributed by atoms with Crippen molar-refractivity contribution in [3.8, 4) is 5.75 Å². The number of para-hydroxylation sites is 1. The summed E-state index contributed by atoms with van der Waals surface area (Å²) in [6, 6.07) is 9.44. The van der Waals surface area contributed by atoms with E-state index >= 15 is 0 Å². The molecule has 136 valence electrons. The molecule has 26 heavy (non-hydrogen) atoms. The molecule has 1 N–H and O–H groups in total. The number of fused-ring (bicyclic) bond motifs is 2. The summed E-state index contributed by atoms with van der Waals surface area (Å²) in [6.45, 7) is 2.60. The Balaban J connectivity index is 1.26. The molecular formula is C18H20N4O4. The van der Waals surface area contributed by atoms with Crippen LogP contribution < -0.4 is 10.1 Å². The molecule has 3 amide bonds. The number of amides is 3. The van der Waals surface area contributed by atoms with E-state index in [4.69, 9.17) is 9.47 Å². The third kappa shape index (κ3) is 3.22. The Bertz CT molecular complexity index is 822. The third-order valence-corrected chi connectivity index (χ3v) is 4.64. The standard InChI is InChI=1S/C18H20N4O4/c23-17(21-8-9-22-14(11-21)12-26-18(22)24)20-7-10-25-15-5-1-3-13-4-2-6-19-16(13)15/h1-6,14H,7-12H2,(H,20,23)/t14-/m1/s1. The molecule has 2 fully saturated rings. The highest BCUT2D eigenvalue weighted by Gasteiger charge is 2.38. The second-order valence-corrected chi connectivity index (χ2v) is 6.28. The number of nitrogens with one attached hydrogen (secondary N) is 1. The highest BCUT2D eigenvalue weighted by atomic mass is 16.6. The molecule has 0 radical (unpaired) electrons. The average molecular weight is 356 g/mol. The summed E-state index contributed by atoms with van der Waals surface area (Å²) in [5.41, 5.74) is 0.809. The molecule has 0 spiro atoms. The second-order valence-electron chi connectivity index (χ2n) is 6.28. The molecule has 3 heterocycles. The van der Waals surface area contributed by atoms with Gasteiger partial charge in [0.2, 0.25) is 0 Å². The Kier molecular flexibility index (Phi) is 4.47. The Morgan fingerprint density at radius 1 is 1.31 bits per heavy atom. The van der Waals surface area contributed by atoms with Gasteiger partial charge in [-0.3, -0.25) is 9.88 Å². The first kappa shape index (κ1) is 16.4. The van der Waals surface area contributed by atoms with Crippen molar-refractivity contribution < 1.29 is 19.1 Å². The van der Waals surface area contributed by atoms with Crippen molar-refractivity contribution >= 4 is 23.0 Å². The number of pyridine rings is 1. The number of hydrogen-bond acceptors (Lipinski definition) is 5. The molecule has 2 aliphatic rings. The second kappa shape index (κ2) is 7.07. The number of ether oxygens (including phenoxy) is 2. The summed E-state index contributed by atoms with van der Waals surface area (Å²) in [5, 5.41) is 3.87. The van der Waals surface area contributed by atoms with Crippen LogP contribution in [-0.4, -0.2) is 72.3 Å². The summed E-state index contributed by atoms with van der Waals surface area (Å²) in [5.74, 6) is 0.701. The van der Waals surface area contributed by atoms with Crippen LogP contribution in [0, 0.1) is 0 Å². The smallest absolute Gasteiger partial charge is 0.410 e. The molecule has 8 heteroatoms. The summed E-state index contributed by atoms with van der Waals surface area (Å²) in [6.07, 6.45) is 1.45. The SMILES string of the molecule is O=C(NCCOc1cccc2cccnc12)N1CCN2C(=O)OC[C@H]2C1. The summed E-state index contributed by atoms with van der Waals surface area (Å²) in [7, 11) is 0. The summed E-state index contributed by atoms with van der Waals surface area (Å²) >= 11 is 0. The van der Waals surface area contributed by atoms with E-state index in [9.17, 15) is 9.59 Å². The van der Waals surface area contributed by atoms with Gasteiger partial charge in [0, 0.05) is 31.2 Å². The highest BCUT2D eigenvalue weighted by Crippen LogP contribution is 2.22. The van der Waals surface area contributed by atoms with Crippen molar-refractivity contribution in [1.29, 1.82) is 0 Å². The third-order valence-electron chi connectivity index (χ3n) is 4.64. The lowest BCUT2D eigenvalue weighted by atomic mass is 10.2. The van der Waals surface area contributed by atoms with Gasteiger partial charge in [-0.15, -0.1) is 0 Å². The van der Waals surface area contributed by atoms with Crippen LogP contribution in [-0.2, 0) is 4.74 Å².